The van der Waals surface area contributed by atoms with E-state index in [1.807, 2.05) is 29.4 Å². The number of likely N-dealkylation sites (tertiary alicyclic amines) is 1. The van der Waals surface area contributed by atoms with Gasteiger partial charge in [-0.05, 0) is 37.8 Å². The van der Waals surface area contributed by atoms with Crippen LogP contribution in [0.25, 0.3) is 10.9 Å². The number of fused-ring (bicyclic) bond motifs is 1. The predicted molar refractivity (Wildman–Crippen MR) is 106 cm³/mol. The van der Waals surface area contributed by atoms with Gasteiger partial charge in [0.2, 0.25) is 11.8 Å². The zero-order valence-electron chi connectivity index (χ0n) is 16.2. The van der Waals surface area contributed by atoms with Crippen molar-refractivity contribution in [2.24, 2.45) is 5.92 Å². The molecule has 2 aromatic heterocycles. The molecule has 4 rings (SSSR count). The first-order chi connectivity index (χ1) is 13.7. The molecule has 2 amide bonds. The Balaban J connectivity index is 1.21. The topological polar surface area (TPSA) is 76.5 Å². The van der Waals surface area contributed by atoms with Crippen molar-refractivity contribution in [1.82, 2.24) is 19.8 Å². The summed E-state index contributed by atoms with van der Waals surface area (Å²) < 4.78 is 7.62. The quantitative estimate of drug-likeness (QED) is 0.826. The van der Waals surface area contributed by atoms with Gasteiger partial charge in [-0.15, -0.1) is 0 Å². The Morgan fingerprint density at radius 3 is 2.86 bits per heavy atom. The van der Waals surface area contributed by atoms with Crippen molar-refractivity contribution >= 4 is 22.7 Å². The molecule has 0 unspecified atom stereocenters. The maximum atomic E-state index is 12.6. The zero-order valence-corrected chi connectivity index (χ0v) is 16.2. The molecule has 2 aliphatic heterocycles. The van der Waals surface area contributed by atoms with E-state index in [-0.39, 0.29) is 23.8 Å². The minimum atomic E-state index is 0.00456. The number of carbonyl (C=O) groups is 2. The van der Waals surface area contributed by atoms with Crippen LogP contribution in [-0.2, 0) is 20.9 Å². The van der Waals surface area contributed by atoms with Gasteiger partial charge in [0.15, 0.2) is 0 Å². The lowest BCUT2D eigenvalue weighted by atomic mass is 9.95. The van der Waals surface area contributed by atoms with E-state index in [9.17, 15) is 9.59 Å². The Hall–Kier alpha value is -2.41. The Morgan fingerprint density at radius 1 is 1.21 bits per heavy atom. The average Bonchev–Trinajstić information content (AvgIpc) is 3.40. The molecule has 1 N–H and O–H groups in total. The molecule has 1 atom stereocenters. The van der Waals surface area contributed by atoms with Crippen molar-refractivity contribution in [2.45, 2.75) is 44.8 Å². The number of hydrogen-bond acceptors (Lipinski definition) is 4. The van der Waals surface area contributed by atoms with Gasteiger partial charge in [-0.2, -0.15) is 0 Å². The number of hydrogen-bond donors (Lipinski definition) is 1. The molecule has 7 heteroatoms. The third-order valence-electron chi connectivity index (χ3n) is 5.89. The lowest BCUT2D eigenvalue weighted by Crippen LogP contribution is -2.44. The maximum absolute atomic E-state index is 12.6. The third kappa shape index (κ3) is 4.35. The first-order valence-corrected chi connectivity index (χ1v) is 10.3. The molecule has 150 valence electrons. The largest absolute Gasteiger partial charge is 0.376 e. The highest BCUT2D eigenvalue weighted by molar-refractivity contribution is 5.81. The maximum Gasteiger partial charge on any atom is 0.224 e. The fourth-order valence-electron chi connectivity index (χ4n) is 4.15. The summed E-state index contributed by atoms with van der Waals surface area (Å²) in [7, 11) is 0. The first-order valence-electron chi connectivity index (χ1n) is 10.3. The lowest BCUT2D eigenvalue weighted by molar-refractivity contribution is -0.135. The van der Waals surface area contributed by atoms with E-state index in [2.05, 4.69) is 14.9 Å². The average molecular weight is 384 g/mol. The molecule has 0 aromatic carbocycles. The van der Waals surface area contributed by atoms with Crippen LogP contribution in [0.2, 0.25) is 0 Å². The molecule has 4 heterocycles. The van der Waals surface area contributed by atoms with Crippen LogP contribution in [0.1, 0.15) is 32.1 Å². The van der Waals surface area contributed by atoms with Gasteiger partial charge in [-0.25, -0.2) is 0 Å². The van der Waals surface area contributed by atoms with E-state index in [1.165, 1.54) is 0 Å². The highest BCUT2D eigenvalue weighted by Gasteiger charge is 2.27. The molecular weight excluding hydrogens is 356 g/mol. The molecule has 28 heavy (non-hydrogen) atoms. The van der Waals surface area contributed by atoms with E-state index >= 15 is 0 Å². The van der Waals surface area contributed by atoms with Crippen molar-refractivity contribution in [2.75, 3.05) is 26.2 Å². The van der Waals surface area contributed by atoms with Crippen LogP contribution in [-0.4, -0.2) is 58.6 Å². The summed E-state index contributed by atoms with van der Waals surface area (Å²) in [5, 5.41) is 4.16. The van der Waals surface area contributed by atoms with Gasteiger partial charge in [0.25, 0.3) is 0 Å². The lowest BCUT2D eigenvalue weighted by Gasteiger charge is -2.31. The molecule has 2 aromatic rings. The number of piperidine rings is 1. The second kappa shape index (κ2) is 8.73. The number of rotatable bonds is 6. The van der Waals surface area contributed by atoms with Crippen molar-refractivity contribution < 1.29 is 14.3 Å². The number of amides is 2. The van der Waals surface area contributed by atoms with Crippen LogP contribution in [0.3, 0.4) is 0 Å². The molecule has 0 aliphatic carbocycles. The van der Waals surface area contributed by atoms with Crippen LogP contribution in [0.15, 0.2) is 30.7 Å². The van der Waals surface area contributed by atoms with Crippen LogP contribution in [0.5, 0.6) is 0 Å². The van der Waals surface area contributed by atoms with Crippen molar-refractivity contribution in [3.63, 3.8) is 0 Å². The molecule has 2 saturated heterocycles. The molecule has 0 saturated carbocycles. The summed E-state index contributed by atoms with van der Waals surface area (Å²) >= 11 is 0. The van der Waals surface area contributed by atoms with E-state index in [1.54, 1.807) is 6.20 Å². The van der Waals surface area contributed by atoms with E-state index in [0.717, 1.165) is 43.2 Å². The van der Waals surface area contributed by atoms with E-state index in [4.69, 9.17) is 4.74 Å². The van der Waals surface area contributed by atoms with Crippen molar-refractivity contribution in [3.05, 3.63) is 30.7 Å². The van der Waals surface area contributed by atoms with Crippen molar-refractivity contribution in [3.8, 4) is 0 Å². The summed E-state index contributed by atoms with van der Waals surface area (Å²) in [4.78, 5) is 31.0. The third-order valence-corrected chi connectivity index (χ3v) is 5.89. The van der Waals surface area contributed by atoms with Gasteiger partial charge < -0.3 is 19.5 Å². The zero-order chi connectivity index (χ0) is 19.3. The van der Waals surface area contributed by atoms with Gasteiger partial charge in [-0.1, -0.05) is 0 Å². The summed E-state index contributed by atoms with van der Waals surface area (Å²) in [6, 6.07) is 4.02. The highest BCUT2D eigenvalue weighted by atomic mass is 16.5. The molecular formula is C21H28N4O3. The molecule has 0 bridgehead atoms. The van der Waals surface area contributed by atoms with Gasteiger partial charge in [0.05, 0.1) is 17.8 Å². The number of carbonyl (C=O) groups excluding carboxylic acids is 2. The molecule has 0 radical (unpaired) electrons. The fourth-order valence-corrected chi connectivity index (χ4v) is 4.15. The number of ether oxygens (including phenoxy) is 1. The van der Waals surface area contributed by atoms with Gasteiger partial charge in [-0.3, -0.25) is 14.6 Å². The molecule has 0 spiro atoms. The summed E-state index contributed by atoms with van der Waals surface area (Å²) in [5.41, 5.74) is 1.05. The molecule has 2 aliphatic rings. The summed E-state index contributed by atoms with van der Waals surface area (Å²) in [5.74, 6) is 0.266. The Morgan fingerprint density at radius 2 is 2.07 bits per heavy atom. The minimum absolute atomic E-state index is 0.00456. The second-order valence-electron chi connectivity index (χ2n) is 7.73. The molecule has 2 fully saturated rings. The monoisotopic (exact) mass is 384 g/mol. The standard InChI is InChI=1S/C21H28N4O3/c26-20(7-12-24-9-4-16-3-8-22-15-19(16)24)25-10-5-17(6-11-25)21(27)23-14-18-2-1-13-28-18/h3-4,8-9,15,17-18H,1-2,5-7,10-14H2,(H,23,27)/t18-/m1/s1. The summed E-state index contributed by atoms with van der Waals surface area (Å²) in [6.07, 6.45) is 9.83. The number of pyridine rings is 1. The Bertz CT molecular complexity index is 820. The normalized spacial score (nSPS) is 20.6. The van der Waals surface area contributed by atoms with Crippen LogP contribution < -0.4 is 5.32 Å². The Kier molecular flexibility index (Phi) is 5.90. The van der Waals surface area contributed by atoms with Gasteiger partial charge in [0, 0.05) is 62.9 Å². The smallest absolute Gasteiger partial charge is 0.224 e. The SMILES string of the molecule is O=C(NC[C@H]1CCCO1)C1CCN(C(=O)CCn2ccc3ccncc32)CC1. The number of nitrogens with one attached hydrogen (secondary N) is 1. The number of aryl methyl sites for hydroxylation is 1. The second-order valence-corrected chi connectivity index (χ2v) is 7.73. The van der Waals surface area contributed by atoms with Crippen LogP contribution in [0.4, 0.5) is 0 Å². The predicted octanol–water partition coefficient (Wildman–Crippen LogP) is 1.96. The Labute approximate surface area is 165 Å². The van der Waals surface area contributed by atoms with Gasteiger partial charge in [0.1, 0.15) is 0 Å². The van der Waals surface area contributed by atoms with Gasteiger partial charge >= 0.3 is 0 Å². The number of nitrogens with zero attached hydrogens (tertiary/aromatic N) is 3. The van der Waals surface area contributed by atoms with Crippen LogP contribution in [0, 0.1) is 5.92 Å². The minimum Gasteiger partial charge on any atom is -0.376 e. The highest BCUT2D eigenvalue weighted by Crippen LogP contribution is 2.20. The van der Waals surface area contributed by atoms with Crippen molar-refractivity contribution in [1.29, 1.82) is 0 Å². The van der Waals surface area contributed by atoms with E-state index < -0.39 is 0 Å². The summed E-state index contributed by atoms with van der Waals surface area (Å²) in [6.45, 7) is 3.37. The fraction of sp³-hybridized carbons (Fsp3) is 0.571. The van der Waals surface area contributed by atoms with Crippen LogP contribution >= 0.6 is 0 Å². The molecule has 7 nitrogen and oxygen atoms in total. The first kappa shape index (κ1) is 18.9. The van der Waals surface area contributed by atoms with E-state index in [0.29, 0.717) is 32.6 Å². The number of aromatic nitrogens is 2.